The Morgan fingerprint density at radius 3 is 2.64 bits per heavy atom. The molecule has 7 heteroatoms. The minimum Gasteiger partial charge on any atom is -0.465 e. The predicted molar refractivity (Wildman–Crippen MR) is 95.3 cm³/mol. The molecule has 2 rings (SSSR count). The average Bonchev–Trinajstić information content (AvgIpc) is 2.63. The molecular weight excluding hydrogens is 343 g/mol. The Bertz CT molecular complexity index is 763. The van der Waals surface area contributed by atoms with Crippen LogP contribution in [-0.4, -0.2) is 31.0 Å². The molecule has 0 saturated heterocycles. The first-order valence-corrected chi connectivity index (χ1v) is 8.46. The van der Waals surface area contributed by atoms with Gasteiger partial charge in [0.15, 0.2) is 0 Å². The van der Waals surface area contributed by atoms with Gasteiger partial charge in [0.1, 0.15) is 5.82 Å². The molecule has 0 heterocycles. The molecule has 1 N–H and O–H groups in total. The van der Waals surface area contributed by atoms with E-state index in [4.69, 9.17) is 4.74 Å². The van der Waals surface area contributed by atoms with Crippen LogP contribution >= 0.6 is 11.8 Å². The zero-order chi connectivity index (χ0) is 18.1. The second kappa shape index (κ2) is 9.58. The van der Waals surface area contributed by atoms with E-state index in [-0.39, 0.29) is 18.1 Å². The monoisotopic (exact) mass is 360 g/mol. The van der Waals surface area contributed by atoms with Crippen LogP contribution in [-0.2, 0) is 9.53 Å². The number of hydrogen-bond acceptors (Lipinski definition) is 5. The number of nitrogens with zero attached hydrogens (tertiary/aromatic N) is 1. The lowest BCUT2D eigenvalue weighted by atomic mass is 10.1. The molecule has 0 aliphatic rings. The molecule has 2 aromatic rings. The lowest BCUT2D eigenvalue weighted by Gasteiger charge is -2.03. The molecule has 0 saturated carbocycles. The summed E-state index contributed by atoms with van der Waals surface area (Å²) in [7, 11) is 1.30. The SMILES string of the molecule is COC(=O)c1ccccc1/C=N\NC(=O)CCSc1ccc(F)cc1. The number of esters is 1. The molecule has 0 bridgehead atoms. The second-order valence-electron chi connectivity index (χ2n) is 4.92. The molecule has 0 unspecified atom stereocenters. The number of ether oxygens (including phenoxy) is 1. The molecule has 5 nitrogen and oxygen atoms in total. The first-order chi connectivity index (χ1) is 12.1. The second-order valence-corrected chi connectivity index (χ2v) is 6.09. The van der Waals surface area contributed by atoms with Gasteiger partial charge >= 0.3 is 5.97 Å². The van der Waals surface area contributed by atoms with Crippen molar-refractivity contribution in [2.45, 2.75) is 11.3 Å². The van der Waals surface area contributed by atoms with Crippen LogP contribution in [0, 0.1) is 5.82 Å². The third-order valence-corrected chi connectivity index (χ3v) is 4.18. The minimum absolute atomic E-state index is 0.249. The molecule has 1 amide bonds. The third-order valence-electron chi connectivity index (χ3n) is 3.17. The summed E-state index contributed by atoms with van der Waals surface area (Å²) in [6.07, 6.45) is 1.66. The Hall–Kier alpha value is -2.67. The van der Waals surface area contributed by atoms with Crippen molar-refractivity contribution in [1.29, 1.82) is 0 Å². The van der Waals surface area contributed by atoms with Crippen molar-refractivity contribution in [2.24, 2.45) is 5.10 Å². The minimum atomic E-state index is -0.468. The van der Waals surface area contributed by atoms with E-state index in [0.29, 0.717) is 16.9 Å². The Morgan fingerprint density at radius 2 is 1.92 bits per heavy atom. The normalized spacial score (nSPS) is 10.6. The maximum atomic E-state index is 12.8. The average molecular weight is 360 g/mol. The highest BCUT2D eigenvalue weighted by atomic mass is 32.2. The van der Waals surface area contributed by atoms with Crippen molar-refractivity contribution < 1.29 is 18.7 Å². The van der Waals surface area contributed by atoms with Crippen LogP contribution in [0.15, 0.2) is 58.5 Å². The first kappa shape index (κ1) is 18.7. The molecular formula is C18H17FN2O3S. The van der Waals surface area contributed by atoms with Crippen LogP contribution in [0.1, 0.15) is 22.3 Å². The lowest BCUT2D eigenvalue weighted by molar-refractivity contribution is -0.120. The van der Waals surface area contributed by atoms with Crippen LogP contribution < -0.4 is 5.43 Å². The topological polar surface area (TPSA) is 67.8 Å². The Balaban J connectivity index is 1.81. The van der Waals surface area contributed by atoms with Crippen molar-refractivity contribution in [1.82, 2.24) is 5.43 Å². The molecule has 0 radical (unpaired) electrons. The number of methoxy groups -OCH3 is 1. The largest absolute Gasteiger partial charge is 0.465 e. The van der Waals surface area contributed by atoms with Gasteiger partial charge in [-0.25, -0.2) is 14.6 Å². The van der Waals surface area contributed by atoms with E-state index < -0.39 is 5.97 Å². The van der Waals surface area contributed by atoms with Crippen molar-refractivity contribution in [3.05, 3.63) is 65.5 Å². The van der Waals surface area contributed by atoms with E-state index in [1.807, 2.05) is 0 Å². The summed E-state index contributed by atoms with van der Waals surface area (Å²) in [5.41, 5.74) is 3.34. The summed E-state index contributed by atoms with van der Waals surface area (Å²) >= 11 is 1.46. The Kier molecular flexibility index (Phi) is 7.16. The highest BCUT2D eigenvalue weighted by Crippen LogP contribution is 2.18. The maximum absolute atomic E-state index is 12.8. The molecule has 2 aromatic carbocycles. The zero-order valence-corrected chi connectivity index (χ0v) is 14.4. The highest BCUT2D eigenvalue weighted by Gasteiger charge is 2.09. The summed E-state index contributed by atoms with van der Waals surface area (Å²) in [6, 6.07) is 12.9. The Labute approximate surface area is 149 Å². The lowest BCUT2D eigenvalue weighted by Crippen LogP contribution is -2.18. The molecule has 0 fully saturated rings. The number of hydrazone groups is 1. The third kappa shape index (κ3) is 6.04. The summed E-state index contributed by atoms with van der Waals surface area (Å²) < 4.78 is 17.5. The fraction of sp³-hybridized carbons (Fsp3) is 0.167. The van der Waals surface area contributed by atoms with Gasteiger partial charge < -0.3 is 4.74 Å². The number of hydrogen-bond donors (Lipinski definition) is 1. The van der Waals surface area contributed by atoms with Gasteiger partial charge in [0, 0.05) is 22.6 Å². The summed E-state index contributed by atoms with van der Waals surface area (Å²) in [5.74, 6) is -0.458. The predicted octanol–water partition coefficient (Wildman–Crippen LogP) is 3.24. The summed E-state index contributed by atoms with van der Waals surface area (Å²) in [6.45, 7) is 0. The number of halogens is 1. The van der Waals surface area contributed by atoms with Crippen LogP contribution in [0.25, 0.3) is 0 Å². The number of benzene rings is 2. The maximum Gasteiger partial charge on any atom is 0.338 e. The zero-order valence-electron chi connectivity index (χ0n) is 13.6. The quantitative estimate of drug-likeness (QED) is 0.356. The van der Waals surface area contributed by atoms with Crippen molar-refractivity contribution in [3.63, 3.8) is 0 Å². The van der Waals surface area contributed by atoms with Crippen molar-refractivity contribution >= 4 is 29.9 Å². The Morgan fingerprint density at radius 1 is 1.20 bits per heavy atom. The number of rotatable bonds is 7. The molecule has 130 valence electrons. The van der Waals surface area contributed by atoms with Gasteiger partial charge in [-0.15, -0.1) is 11.8 Å². The number of carbonyl (C=O) groups excluding carboxylic acids is 2. The van der Waals surface area contributed by atoms with Crippen LogP contribution in [0.3, 0.4) is 0 Å². The fourth-order valence-electron chi connectivity index (χ4n) is 1.93. The van der Waals surface area contributed by atoms with Gasteiger partial charge in [-0.2, -0.15) is 5.10 Å². The van der Waals surface area contributed by atoms with Gasteiger partial charge in [-0.05, 0) is 30.3 Å². The van der Waals surface area contributed by atoms with Crippen molar-refractivity contribution in [3.8, 4) is 0 Å². The molecule has 0 atom stereocenters. The van der Waals surface area contributed by atoms with E-state index in [1.165, 1.54) is 37.2 Å². The molecule has 0 aliphatic carbocycles. The van der Waals surface area contributed by atoms with Crippen LogP contribution in [0.5, 0.6) is 0 Å². The van der Waals surface area contributed by atoms with E-state index in [9.17, 15) is 14.0 Å². The van der Waals surface area contributed by atoms with E-state index in [0.717, 1.165) is 4.90 Å². The number of amides is 1. The summed E-state index contributed by atoms with van der Waals surface area (Å²) in [4.78, 5) is 24.3. The highest BCUT2D eigenvalue weighted by molar-refractivity contribution is 7.99. The molecule has 0 aromatic heterocycles. The van der Waals surface area contributed by atoms with Gasteiger partial charge in [-0.1, -0.05) is 18.2 Å². The van der Waals surface area contributed by atoms with Gasteiger partial charge in [0.2, 0.25) is 5.91 Å². The number of thioether (sulfide) groups is 1. The summed E-state index contributed by atoms with van der Waals surface area (Å²) in [5, 5.41) is 3.86. The molecule has 0 spiro atoms. The van der Waals surface area contributed by atoms with Crippen LogP contribution in [0.4, 0.5) is 4.39 Å². The van der Waals surface area contributed by atoms with Gasteiger partial charge in [-0.3, -0.25) is 4.79 Å². The van der Waals surface area contributed by atoms with Gasteiger partial charge in [0.25, 0.3) is 0 Å². The van der Waals surface area contributed by atoms with E-state index >= 15 is 0 Å². The van der Waals surface area contributed by atoms with Gasteiger partial charge in [0.05, 0.1) is 18.9 Å². The van der Waals surface area contributed by atoms with Crippen molar-refractivity contribution in [2.75, 3.05) is 12.9 Å². The van der Waals surface area contributed by atoms with E-state index in [1.54, 1.807) is 36.4 Å². The fourth-order valence-corrected chi connectivity index (χ4v) is 2.78. The number of carbonyl (C=O) groups is 2. The standard InChI is InChI=1S/C18H17FN2O3S/c1-24-18(23)16-5-3-2-4-13(16)12-20-21-17(22)10-11-25-15-8-6-14(19)7-9-15/h2-9,12H,10-11H2,1H3,(H,21,22)/b20-12-. The smallest absolute Gasteiger partial charge is 0.338 e. The van der Waals surface area contributed by atoms with E-state index in [2.05, 4.69) is 10.5 Å². The first-order valence-electron chi connectivity index (χ1n) is 7.48. The molecule has 25 heavy (non-hydrogen) atoms. The molecule has 0 aliphatic heterocycles. The van der Waals surface area contributed by atoms with Crippen LogP contribution in [0.2, 0.25) is 0 Å². The number of nitrogens with one attached hydrogen (secondary N) is 1.